The molecule has 0 aliphatic heterocycles. The molecule has 0 aromatic carbocycles. The Morgan fingerprint density at radius 2 is 1.30 bits per heavy atom. The van der Waals surface area contributed by atoms with Gasteiger partial charge in [0.1, 0.15) is 0 Å². The molecule has 0 unspecified atom stereocenters. The van der Waals surface area contributed by atoms with Gasteiger partial charge in [0.05, 0.1) is 0 Å². The molecule has 0 rings (SSSR count). The standard InChI is InChI=1S/C5H13N.C2H7N.FH/c1-5(2,3)4-6;1-3-2;/h4,6H2,1-3H3;3H,1-2H3;1H. The molecule has 0 spiro atoms. The van der Waals surface area contributed by atoms with Crippen LogP contribution in [0.4, 0.5) is 4.70 Å². The van der Waals surface area contributed by atoms with Crippen LogP contribution in [-0.4, -0.2) is 20.6 Å². The fraction of sp³-hybridized carbons (Fsp3) is 1.00. The summed E-state index contributed by atoms with van der Waals surface area (Å²) in [4.78, 5) is 0. The zero-order chi connectivity index (χ0) is 7.91. The van der Waals surface area contributed by atoms with Crippen LogP contribution in [0.2, 0.25) is 0 Å². The van der Waals surface area contributed by atoms with Crippen molar-refractivity contribution in [2.45, 2.75) is 20.8 Å². The van der Waals surface area contributed by atoms with E-state index in [1.807, 2.05) is 14.1 Å². The maximum atomic E-state index is 5.31. The van der Waals surface area contributed by atoms with E-state index in [2.05, 4.69) is 26.1 Å². The summed E-state index contributed by atoms with van der Waals surface area (Å²) in [6.07, 6.45) is 0. The van der Waals surface area contributed by atoms with Crippen molar-refractivity contribution in [2.75, 3.05) is 20.6 Å². The first-order valence-electron chi connectivity index (χ1n) is 3.26. The highest BCUT2D eigenvalue weighted by Gasteiger charge is 2.03. The molecule has 0 amide bonds. The molecule has 0 fully saturated rings. The number of hydrogen-bond acceptors (Lipinski definition) is 2. The van der Waals surface area contributed by atoms with Crippen molar-refractivity contribution in [3.63, 3.8) is 0 Å². The van der Waals surface area contributed by atoms with E-state index in [0.29, 0.717) is 5.41 Å². The minimum atomic E-state index is 0. The van der Waals surface area contributed by atoms with Crippen molar-refractivity contribution in [2.24, 2.45) is 11.1 Å². The molecule has 3 heteroatoms. The maximum absolute atomic E-state index is 5.31. The molecular formula is C7H21FN2. The highest BCUT2D eigenvalue weighted by Crippen LogP contribution is 2.07. The van der Waals surface area contributed by atoms with Gasteiger partial charge >= 0.3 is 0 Å². The highest BCUT2D eigenvalue weighted by atomic mass is 19.0. The fourth-order valence-corrected chi connectivity index (χ4v) is 0. The van der Waals surface area contributed by atoms with Crippen molar-refractivity contribution in [3.05, 3.63) is 0 Å². The summed E-state index contributed by atoms with van der Waals surface area (Å²) in [5.74, 6) is 0. The van der Waals surface area contributed by atoms with E-state index in [4.69, 9.17) is 5.73 Å². The number of hydrogen-bond donors (Lipinski definition) is 2. The summed E-state index contributed by atoms with van der Waals surface area (Å²) >= 11 is 0. The fourth-order valence-electron chi connectivity index (χ4n) is 0. The molecular weight excluding hydrogens is 131 g/mol. The van der Waals surface area contributed by atoms with Crippen LogP contribution < -0.4 is 11.1 Å². The summed E-state index contributed by atoms with van der Waals surface area (Å²) in [5, 5.41) is 2.75. The van der Waals surface area contributed by atoms with E-state index >= 15 is 0 Å². The Morgan fingerprint density at radius 1 is 1.20 bits per heavy atom. The third kappa shape index (κ3) is 45.3. The number of rotatable bonds is 0. The predicted octanol–water partition coefficient (Wildman–Crippen LogP) is 0.979. The molecule has 0 heterocycles. The Morgan fingerprint density at radius 3 is 1.30 bits per heavy atom. The lowest BCUT2D eigenvalue weighted by atomic mass is 9.98. The van der Waals surface area contributed by atoms with E-state index in [0.717, 1.165) is 6.54 Å². The van der Waals surface area contributed by atoms with Gasteiger partial charge in [-0.3, -0.25) is 4.70 Å². The molecule has 0 radical (unpaired) electrons. The third-order valence-corrected chi connectivity index (χ3v) is 0.612. The Hall–Kier alpha value is -0.150. The Balaban J connectivity index is -0.000000107. The van der Waals surface area contributed by atoms with E-state index < -0.39 is 0 Å². The summed E-state index contributed by atoms with van der Waals surface area (Å²) < 4.78 is 0. The molecule has 0 aliphatic carbocycles. The molecule has 0 atom stereocenters. The third-order valence-electron chi connectivity index (χ3n) is 0.612. The molecule has 0 saturated heterocycles. The summed E-state index contributed by atoms with van der Waals surface area (Å²) in [6.45, 7) is 7.12. The molecule has 10 heavy (non-hydrogen) atoms. The lowest BCUT2D eigenvalue weighted by molar-refractivity contribution is 0.428. The van der Waals surface area contributed by atoms with E-state index in [-0.39, 0.29) is 4.70 Å². The van der Waals surface area contributed by atoms with Gasteiger partial charge in [-0.2, -0.15) is 0 Å². The molecule has 0 aromatic heterocycles. The van der Waals surface area contributed by atoms with E-state index in [9.17, 15) is 0 Å². The molecule has 66 valence electrons. The second-order valence-electron chi connectivity index (χ2n) is 3.26. The largest absolute Gasteiger partial charge is 0.330 e. The first-order chi connectivity index (χ1) is 3.97. The topological polar surface area (TPSA) is 38.0 Å². The molecule has 3 N–H and O–H groups in total. The zero-order valence-corrected chi connectivity index (χ0v) is 7.69. The van der Waals surface area contributed by atoms with Crippen molar-refractivity contribution < 1.29 is 4.70 Å². The Bertz CT molecular complexity index is 50.1. The van der Waals surface area contributed by atoms with E-state index in [1.165, 1.54) is 0 Å². The van der Waals surface area contributed by atoms with Gasteiger partial charge in [0.15, 0.2) is 0 Å². The molecule has 0 aliphatic rings. The van der Waals surface area contributed by atoms with Gasteiger partial charge in [-0.25, -0.2) is 0 Å². The van der Waals surface area contributed by atoms with Crippen LogP contribution in [-0.2, 0) is 0 Å². The van der Waals surface area contributed by atoms with Crippen LogP contribution >= 0.6 is 0 Å². The monoisotopic (exact) mass is 152 g/mol. The van der Waals surface area contributed by atoms with Crippen LogP contribution in [0.25, 0.3) is 0 Å². The number of halogens is 1. The second-order valence-corrected chi connectivity index (χ2v) is 3.26. The van der Waals surface area contributed by atoms with Crippen LogP contribution in [0.15, 0.2) is 0 Å². The quantitative estimate of drug-likeness (QED) is 0.543. The van der Waals surface area contributed by atoms with Gasteiger partial charge in [-0.15, -0.1) is 0 Å². The van der Waals surface area contributed by atoms with Gasteiger partial charge in [-0.05, 0) is 26.1 Å². The lowest BCUT2D eigenvalue weighted by Crippen LogP contribution is -2.18. The zero-order valence-electron chi connectivity index (χ0n) is 7.69. The van der Waals surface area contributed by atoms with Gasteiger partial charge in [-0.1, -0.05) is 20.8 Å². The summed E-state index contributed by atoms with van der Waals surface area (Å²) in [7, 11) is 3.75. The predicted molar refractivity (Wildman–Crippen MR) is 46.0 cm³/mol. The first-order valence-corrected chi connectivity index (χ1v) is 3.26. The number of nitrogens with one attached hydrogen (secondary N) is 1. The molecule has 0 aromatic rings. The highest BCUT2D eigenvalue weighted by molar-refractivity contribution is 4.59. The van der Waals surface area contributed by atoms with Crippen molar-refractivity contribution in [1.82, 2.24) is 5.32 Å². The van der Waals surface area contributed by atoms with Crippen molar-refractivity contribution in [3.8, 4) is 0 Å². The molecule has 0 saturated carbocycles. The van der Waals surface area contributed by atoms with Crippen LogP contribution in [0.3, 0.4) is 0 Å². The van der Waals surface area contributed by atoms with Gasteiger partial charge < -0.3 is 11.1 Å². The Labute approximate surface area is 63.6 Å². The summed E-state index contributed by atoms with van der Waals surface area (Å²) in [5.41, 5.74) is 5.62. The van der Waals surface area contributed by atoms with Gasteiger partial charge in [0.25, 0.3) is 0 Å². The summed E-state index contributed by atoms with van der Waals surface area (Å²) in [6, 6.07) is 0. The normalized spacial score (nSPS) is 9.00. The molecule has 2 nitrogen and oxygen atoms in total. The molecule has 0 bridgehead atoms. The van der Waals surface area contributed by atoms with Crippen LogP contribution in [0.1, 0.15) is 20.8 Å². The average molecular weight is 152 g/mol. The lowest BCUT2D eigenvalue weighted by Gasteiger charge is -2.12. The smallest absolute Gasteiger partial charge is 0.00285 e. The second kappa shape index (κ2) is 8.85. The minimum absolute atomic E-state index is 0. The van der Waals surface area contributed by atoms with Gasteiger partial charge in [0.2, 0.25) is 0 Å². The van der Waals surface area contributed by atoms with E-state index in [1.54, 1.807) is 0 Å². The van der Waals surface area contributed by atoms with Crippen molar-refractivity contribution in [1.29, 1.82) is 0 Å². The number of nitrogens with two attached hydrogens (primary N) is 1. The van der Waals surface area contributed by atoms with Crippen LogP contribution in [0.5, 0.6) is 0 Å². The minimum Gasteiger partial charge on any atom is -0.330 e. The average Bonchev–Trinajstić information content (AvgIpc) is 1.67. The maximum Gasteiger partial charge on any atom is -0.00285 e. The Kier molecular flexibility index (Phi) is 14.6. The first kappa shape index (κ1) is 16.4. The van der Waals surface area contributed by atoms with Gasteiger partial charge in [0, 0.05) is 0 Å². The van der Waals surface area contributed by atoms with Crippen LogP contribution in [0, 0.1) is 5.41 Å². The van der Waals surface area contributed by atoms with Crippen molar-refractivity contribution >= 4 is 0 Å². The SMILES string of the molecule is CC(C)(C)CN.CNC.F.